The van der Waals surface area contributed by atoms with Gasteiger partial charge in [0.05, 0.1) is 18.6 Å². The number of hydrogen-bond acceptors (Lipinski definition) is 6. The zero-order chi connectivity index (χ0) is 17.3. The first-order chi connectivity index (χ1) is 11.5. The van der Waals surface area contributed by atoms with Gasteiger partial charge in [-0.2, -0.15) is 4.98 Å². The number of benzene rings is 1. The number of hydrogen-bond donors (Lipinski definition) is 0. The maximum absolute atomic E-state index is 12.4. The van der Waals surface area contributed by atoms with Gasteiger partial charge in [0, 0.05) is 24.6 Å². The smallest absolute Gasteiger partial charge is 0.337 e. The lowest BCUT2D eigenvalue weighted by atomic mass is 9.98. The molecule has 3 rings (SSSR count). The van der Waals surface area contributed by atoms with Gasteiger partial charge in [0.25, 0.3) is 5.91 Å². The Morgan fingerprint density at radius 1 is 1.21 bits per heavy atom. The maximum Gasteiger partial charge on any atom is 0.337 e. The van der Waals surface area contributed by atoms with Crippen molar-refractivity contribution < 1.29 is 18.8 Å². The van der Waals surface area contributed by atoms with E-state index >= 15 is 0 Å². The largest absolute Gasteiger partial charge is 0.465 e. The van der Waals surface area contributed by atoms with E-state index in [2.05, 4.69) is 14.9 Å². The molecule has 1 saturated heterocycles. The van der Waals surface area contributed by atoms with Crippen LogP contribution in [0.3, 0.4) is 0 Å². The van der Waals surface area contributed by atoms with Crippen molar-refractivity contribution >= 4 is 11.9 Å². The van der Waals surface area contributed by atoms with Gasteiger partial charge in [0.2, 0.25) is 5.89 Å². The van der Waals surface area contributed by atoms with E-state index in [0.717, 1.165) is 0 Å². The first kappa shape index (κ1) is 16.2. The summed E-state index contributed by atoms with van der Waals surface area (Å²) in [5, 5.41) is 3.95. The number of aromatic nitrogens is 2. The van der Waals surface area contributed by atoms with Gasteiger partial charge in [0.15, 0.2) is 5.82 Å². The molecule has 0 spiro atoms. The van der Waals surface area contributed by atoms with Gasteiger partial charge < -0.3 is 14.2 Å². The third-order valence-electron chi connectivity index (χ3n) is 4.04. The van der Waals surface area contributed by atoms with Crippen LogP contribution in [0.5, 0.6) is 0 Å². The summed E-state index contributed by atoms with van der Waals surface area (Å²) in [4.78, 5) is 29.9. The quantitative estimate of drug-likeness (QED) is 0.800. The van der Waals surface area contributed by atoms with Crippen molar-refractivity contribution in [2.75, 3.05) is 20.2 Å². The predicted octanol–water partition coefficient (Wildman–Crippen LogP) is 2.22. The number of carbonyl (C=O) groups is 2. The molecule has 1 aliphatic heterocycles. The van der Waals surface area contributed by atoms with Crippen molar-refractivity contribution in [3.63, 3.8) is 0 Å². The van der Waals surface area contributed by atoms with Crippen LogP contribution in [-0.2, 0) is 4.74 Å². The Bertz CT molecular complexity index is 745. The third kappa shape index (κ3) is 3.02. The van der Waals surface area contributed by atoms with Crippen LogP contribution in [0.1, 0.15) is 58.1 Å². The summed E-state index contributed by atoms with van der Waals surface area (Å²) in [6, 6.07) is 6.43. The molecule has 0 unspecified atom stereocenters. The standard InChI is InChI=1S/C17H19N3O4/c1-10(2)14-18-15(24-19-14)13-8-20(9-13)16(21)11-4-6-12(7-5-11)17(22)23-3/h4-7,10,13H,8-9H2,1-3H3. The van der Waals surface area contributed by atoms with Crippen molar-refractivity contribution in [1.29, 1.82) is 0 Å². The zero-order valence-electron chi connectivity index (χ0n) is 13.9. The van der Waals surface area contributed by atoms with Gasteiger partial charge in [-0.3, -0.25) is 4.79 Å². The van der Waals surface area contributed by atoms with Crippen LogP contribution in [-0.4, -0.2) is 47.1 Å². The number of nitrogens with zero attached hydrogens (tertiary/aromatic N) is 3. The normalized spacial score (nSPS) is 14.6. The minimum atomic E-state index is -0.421. The van der Waals surface area contributed by atoms with Gasteiger partial charge in [-0.25, -0.2) is 4.79 Å². The molecule has 24 heavy (non-hydrogen) atoms. The Labute approximate surface area is 139 Å². The fourth-order valence-electron chi connectivity index (χ4n) is 2.50. The molecule has 1 aliphatic rings. The number of ether oxygens (including phenoxy) is 1. The molecular weight excluding hydrogens is 310 g/mol. The zero-order valence-corrected chi connectivity index (χ0v) is 13.9. The van der Waals surface area contributed by atoms with Gasteiger partial charge in [-0.15, -0.1) is 0 Å². The van der Waals surface area contributed by atoms with Crippen LogP contribution in [0.15, 0.2) is 28.8 Å². The highest BCUT2D eigenvalue weighted by Gasteiger charge is 2.36. The molecule has 1 fully saturated rings. The van der Waals surface area contributed by atoms with Crippen molar-refractivity contribution in [3.8, 4) is 0 Å². The summed E-state index contributed by atoms with van der Waals surface area (Å²) in [7, 11) is 1.32. The number of amides is 1. The number of carbonyl (C=O) groups excluding carboxylic acids is 2. The van der Waals surface area contributed by atoms with E-state index in [1.54, 1.807) is 29.2 Å². The first-order valence-corrected chi connectivity index (χ1v) is 7.80. The van der Waals surface area contributed by atoms with E-state index in [0.29, 0.717) is 35.9 Å². The van der Waals surface area contributed by atoms with E-state index in [1.807, 2.05) is 13.8 Å². The lowest BCUT2D eigenvalue weighted by Gasteiger charge is -2.37. The van der Waals surface area contributed by atoms with Crippen LogP contribution in [0.4, 0.5) is 0 Å². The van der Waals surface area contributed by atoms with Crippen molar-refractivity contribution in [1.82, 2.24) is 15.0 Å². The van der Waals surface area contributed by atoms with Crippen LogP contribution >= 0.6 is 0 Å². The highest BCUT2D eigenvalue weighted by atomic mass is 16.5. The van der Waals surface area contributed by atoms with E-state index in [-0.39, 0.29) is 17.7 Å². The molecule has 0 N–H and O–H groups in total. The molecule has 126 valence electrons. The summed E-state index contributed by atoms with van der Waals surface area (Å²) < 4.78 is 9.91. The monoisotopic (exact) mass is 329 g/mol. The summed E-state index contributed by atoms with van der Waals surface area (Å²) in [6.07, 6.45) is 0. The molecule has 0 atom stereocenters. The summed E-state index contributed by atoms with van der Waals surface area (Å²) in [6.45, 7) is 5.11. The predicted molar refractivity (Wildman–Crippen MR) is 84.8 cm³/mol. The van der Waals surface area contributed by atoms with E-state index < -0.39 is 5.97 Å². The molecule has 7 nitrogen and oxygen atoms in total. The SMILES string of the molecule is COC(=O)c1ccc(C(=O)N2CC(c3nc(C(C)C)no3)C2)cc1. The second kappa shape index (κ2) is 6.43. The van der Waals surface area contributed by atoms with Crippen molar-refractivity contribution in [3.05, 3.63) is 47.1 Å². The number of esters is 1. The number of rotatable bonds is 4. The maximum atomic E-state index is 12.4. The van der Waals surface area contributed by atoms with E-state index in [9.17, 15) is 9.59 Å². The Morgan fingerprint density at radius 3 is 2.38 bits per heavy atom. The topological polar surface area (TPSA) is 85.5 Å². The summed E-state index contributed by atoms with van der Waals surface area (Å²) >= 11 is 0. The Kier molecular flexibility index (Phi) is 4.33. The lowest BCUT2D eigenvalue weighted by Crippen LogP contribution is -2.48. The molecule has 0 saturated carbocycles. The molecule has 7 heteroatoms. The second-order valence-electron chi connectivity index (χ2n) is 6.12. The molecule has 0 bridgehead atoms. The van der Waals surface area contributed by atoms with Crippen LogP contribution in [0, 0.1) is 0 Å². The second-order valence-corrected chi connectivity index (χ2v) is 6.12. The molecule has 0 aliphatic carbocycles. The van der Waals surface area contributed by atoms with E-state index in [1.165, 1.54) is 7.11 Å². The molecule has 2 aromatic rings. The molecule has 1 aromatic carbocycles. The molecular formula is C17H19N3O4. The third-order valence-corrected chi connectivity index (χ3v) is 4.04. The lowest BCUT2D eigenvalue weighted by molar-refractivity contribution is 0.0564. The average molecular weight is 329 g/mol. The Hall–Kier alpha value is -2.70. The Morgan fingerprint density at radius 2 is 1.83 bits per heavy atom. The van der Waals surface area contributed by atoms with Crippen LogP contribution < -0.4 is 0 Å². The number of methoxy groups -OCH3 is 1. The minimum Gasteiger partial charge on any atom is -0.465 e. The highest BCUT2D eigenvalue weighted by Crippen LogP contribution is 2.28. The molecule has 1 amide bonds. The average Bonchev–Trinajstić information content (AvgIpc) is 3.02. The minimum absolute atomic E-state index is 0.0775. The summed E-state index contributed by atoms with van der Waals surface area (Å²) in [5.74, 6) is 1.08. The molecule has 0 radical (unpaired) electrons. The fourth-order valence-corrected chi connectivity index (χ4v) is 2.50. The molecule has 2 heterocycles. The number of likely N-dealkylation sites (tertiary alicyclic amines) is 1. The van der Waals surface area contributed by atoms with E-state index in [4.69, 9.17) is 4.52 Å². The van der Waals surface area contributed by atoms with Gasteiger partial charge >= 0.3 is 5.97 Å². The van der Waals surface area contributed by atoms with Gasteiger partial charge in [-0.05, 0) is 24.3 Å². The van der Waals surface area contributed by atoms with Crippen molar-refractivity contribution in [2.45, 2.75) is 25.7 Å². The van der Waals surface area contributed by atoms with Crippen LogP contribution in [0.2, 0.25) is 0 Å². The van der Waals surface area contributed by atoms with Gasteiger partial charge in [0.1, 0.15) is 0 Å². The summed E-state index contributed by atoms with van der Waals surface area (Å²) in [5.41, 5.74) is 0.956. The highest BCUT2D eigenvalue weighted by molar-refractivity contribution is 5.96. The first-order valence-electron chi connectivity index (χ1n) is 7.80. The van der Waals surface area contributed by atoms with Crippen LogP contribution in [0.25, 0.3) is 0 Å². The van der Waals surface area contributed by atoms with Gasteiger partial charge in [-0.1, -0.05) is 19.0 Å². The fraction of sp³-hybridized carbons (Fsp3) is 0.412. The Balaban J connectivity index is 1.60. The molecule has 1 aromatic heterocycles. The van der Waals surface area contributed by atoms with Crippen molar-refractivity contribution in [2.24, 2.45) is 0 Å².